The fourth-order valence-electron chi connectivity index (χ4n) is 1.51. The molecule has 1 aromatic heterocycles. The van der Waals surface area contributed by atoms with Crippen LogP contribution in [0.1, 0.15) is 30.8 Å². The van der Waals surface area contributed by atoms with Gasteiger partial charge in [0, 0.05) is 23.8 Å². The van der Waals surface area contributed by atoms with Gasteiger partial charge in [-0.1, -0.05) is 12.2 Å². The van der Waals surface area contributed by atoms with E-state index in [2.05, 4.69) is 25.0 Å². The number of aryl methyl sites for hydroxylation is 2. The Hall–Kier alpha value is -1.09. The molecule has 0 fully saturated rings. The molecular formula is C11H19N3. The van der Waals surface area contributed by atoms with Crippen molar-refractivity contribution in [3.8, 4) is 0 Å². The summed E-state index contributed by atoms with van der Waals surface area (Å²) in [6, 6.07) is 0.0961. The van der Waals surface area contributed by atoms with Crippen LogP contribution in [0.25, 0.3) is 6.08 Å². The summed E-state index contributed by atoms with van der Waals surface area (Å²) in [5.41, 5.74) is 9.14. The highest BCUT2D eigenvalue weighted by molar-refractivity contribution is 5.54. The van der Waals surface area contributed by atoms with Crippen molar-refractivity contribution in [1.29, 1.82) is 0 Å². The van der Waals surface area contributed by atoms with E-state index in [4.69, 9.17) is 5.73 Å². The predicted molar refractivity (Wildman–Crippen MR) is 60.1 cm³/mol. The molecule has 3 nitrogen and oxygen atoms in total. The first-order valence-electron chi connectivity index (χ1n) is 5.04. The summed E-state index contributed by atoms with van der Waals surface area (Å²) in [5.74, 6) is 0. The number of nitrogens with zero attached hydrogens (tertiary/aromatic N) is 2. The fraction of sp³-hybridized carbons (Fsp3) is 0.545. The molecule has 14 heavy (non-hydrogen) atoms. The van der Waals surface area contributed by atoms with Crippen LogP contribution in [0.2, 0.25) is 0 Å². The molecule has 0 spiro atoms. The number of nitrogens with two attached hydrogens (primary N) is 1. The molecule has 0 radical (unpaired) electrons. The predicted octanol–water partition coefficient (Wildman–Crippen LogP) is 1.88. The van der Waals surface area contributed by atoms with E-state index in [1.807, 2.05) is 24.6 Å². The molecule has 1 rings (SSSR count). The number of aromatic nitrogens is 2. The maximum Gasteiger partial charge on any atom is 0.0668 e. The Kier molecular flexibility index (Phi) is 3.47. The van der Waals surface area contributed by atoms with E-state index >= 15 is 0 Å². The van der Waals surface area contributed by atoms with Crippen LogP contribution in [0.4, 0.5) is 0 Å². The molecule has 2 N–H and O–H groups in total. The van der Waals surface area contributed by atoms with Crippen LogP contribution >= 0.6 is 0 Å². The Balaban J connectivity index is 3.02. The summed E-state index contributed by atoms with van der Waals surface area (Å²) >= 11 is 0. The first-order valence-corrected chi connectivity index (χ1v) is 5.04. The minimum atomic E-state index is 0.0961. The molecule has 0 aliphatic rings. The Morgan fingerprint density at radius 3 is 2.57 bits per heavy atom. The number of hydrogen-bond donors (Lipinski definition) is 1. The molecule has 1 atom stereocenters. The smallest absolute Gasteiger partial charge is 0.0668 e. The standard InChI is InChI=1S/C11H19N3/c1-5-14-10(4)11(9(3)13-14)7-6-8(2)12/h6-8H,5,12H2,1-4H3/b7-6+. The first kappa shape index (κ1) is 11.0. The SMILES string of the molecule is CCn1nc(C)c(/C=C/C(C)N)c1C. The van der Waals surface area contributed by atoms with E-state index in [1.54, 1.807) is 0 Å². The summed E-state index contributed by atoms with van der Waals surface area (Å²) in [7, 11) is 0. The van der Waals surface area contributed by atoms with Gasteiger partial charge in [0.2, 0.25) is 0 Å². The van der Waals surface area contributed by atoms with Crippen molar-refractivity contribution < 1.29 is 0 Å². The van der Waals surface area contributed by atoms with E-state index in [-0.39, 0.29) is 6.04 Å². The minimum Gasteiger partial charge on any atom is -0.325 e. The van der Waals surface area contributed by atoms with Crippen molar-refractivity contribution in [2.45, 2.75) is 40.3 Å². The first-order chi connectivity index (χ1) is 6.56. The zero-order valence-corrected chi connectivity index (χ0v) is 9.41. The lowest BCUT2D eigenvalue weighted by Crippen LogP contribution is -2.10. The van der Waals surface area contributed by atoms with Gasteiger partial charge in [0.15, 0.2) is 0 Å². The molecule has 1 unspecified atom stereocenters. The third-order valence-corrected chi connectivity index (χ3v) is 2.30. The summed E-state index contributed by atoms with van der Waals surface area (Å²) < 4.78 is 2.01. The molecule has 0 saturated carbocycles. The summed E-state index contributed by atoms with van der Waals surface area (Å²) in [4.78, 5) is 0. The molecule has 0 aliphatic carbocycles. The third kappa shape index (κ3) is 2.23. The molecule has 0 bridgehead atoms. The van der Waals surface area contributed by atoms with Gasteiger partial charge in [0.25, 0.3) is 0 Å². The Bertz CT molecular complexity index is 335. The molecule has 0 aromatic carbocycles. The Morgan fingerprint density at radius 1 is 1.50 bits per heavy atom. The van der Waals surface area contributed by atoms with E-state index in [0.717, 1.165) is 12.2 Å². The van der Waals surface area contributed by atoms with Crippen LogP contribution in [0.3, 0.4) is 0 Å². The Labute approximate surface area is 85.6 Å². The van der Waals surface area contributed by atoms with Crippen LogP contribution in [0.5, 0.6) is 0 Å². The molecular weight excluding hydrogens is 174 g/mol. The van der Waals surface area contributed by atoms with Crippen molar-refractivity contribution in [1.82, 2.24) is 9.78 Å². The lowest BCUT2D eigenvalue weighted by atomic mass is 10.1. The molecule has 3 heteroatoms. The van der Waals surface area contributed by atoms with Gasteiger partial charge >= 0.3 is 0 Å². The zero-order valence-electron chi connectivity index (χ0n) is 9.41. The average molecular weight is 193 g/mol. The molecule has 0 saturated heterocycles. The highest BCUT2D eigenvalue weighted by Gasteiger charge is 2.06. The molecule has 1 heterocycles. The molecule has 0 amide bonds. The van der Waals surface area contributed by atoms with E-state index in [9.17, 15) is 0 Å². The highest BCUT2D eigenvalue weighted by Crippen LogP contribution is 2.14. The van der Waals surface area contributed by atoms with Gasteiger partial charge in [-0.25, -0.2) is 0 Å². The molecule has 78 valence electrons. The van der Waals surface area contributed by atoms with Crippen LogP contribution < -0.4 is 5.73 Å². The normalized spacial score (nSPS) is 13.8. The number of rotatable bonds is 3. The van der Waals surface area contributed by atoms with Gasteiger partial charge in [0.05, 0.1) is 5.69 Å². The van der Waals surface area contributed by atoms with Crippen LogP contribution in [-0.2, 0) is 6.54 Å². The number of hydrogen-bond acceptors (Lipinski definition) is 2. The second-order valence-electron chi connectivity index (χ2n) is 3.62. The highest BCUT2D eigenvalue weighted by atomic mass is 15.3. The van der Waals surface area contributed by atoms with Crippen molar-refractivity contribution in [3.63, 3.8) is 0 Å². The van der Waals surface area contributed by atoms with E-state index in [0.29, 0.717) is 0 Å². The van der Waals surface area contributed by atoms with Crippen molar-refractivity contribution >= 4 is 6.08 Å². The summed E-state index contributed by atoms with van der Waals surface area (Å²) in [5, 5.41) is 4.43. The van der Waals surface area contributed by atoms with Crippen molar-refractivity contribution in [2.24, 2.45) is 5.73 Å². The monoisotopic (exact) mass is 193 g/mol. The summed E-state index contributed by atoms with van der Waals surface area (Å²) in [6.07, 6.45) is 4.06. The van der Waals surface area contributed by atoms with Gasteiger partial charge < -0.3 is 5.73 Å². The second-order valence-corrected chi connectivity index (χ2v) is 3.62. The van der Waals surface area contributed by atoms with Crippen LogP contribution in [-0.4, -0.2) is 15.8 Å². The quantitative estimate of drug-likeness (QED) is 0.796. The van der Waals surface area contributed by atoms with E-state index in [1.165, 1.54) is 11.3 Å². The summed E-state index contributed by atoms with van der Waals surface area (Å²) in [6.45, 7) is 9.09. The van der Waals surface area contributed by atoms with Gasteiger partial charge in [-0.2, -0.15) is 5.10 Å². The maximum atomic E-state index is 5.67. The lowest BCUT2D eigenvalue weighted by Gasteiger charge is -1.99. The van der Waals surface area contributed by atoms with Crippen LogP contribution in [0, 0.1) is 13.8 Å². The second kappa shape index (κ2) is 4.42. The van der Waals surface area contributed by atoms with Gasteiger partial charge in [-0.15, -0.1) is 0 Å². The Morgan fingerprint density at radius 2 is 2.14 bits per heavy atom. The molecule has 1 aromatic rings. The van der Waals surface area contributed by atoms with Gasteiger partial charge in [-0.05, 0) is 27.7 Å². The largest absolute Gasteiger partial charge is 0.325 e. The fourth-order valence-corrected chi connectivity index (χ4v) is 1.51. The topological polar surface area (TPSA) is 43.8 Å². The minimum absolute atomic E-state index is 0.0961. The van der Waals surface area contributed by atoms with Crippen LogP contribution in [0.15, 0.2) is 6.08 Å². The van der Waals surface area contributed by atoms with E-state index < -0.39 is 0 Å². The zero-order chi connectivity index (χ0) is 10.7. The van der Waals surface area contributed by atoms with Crippen molar-refractivity contribution in [3.05, 3.63) is 23.0 Å². The average Bonchev–Trinajstić information content (AvgIpc) is 2.39. The third-order valence-electron chi connectivity index (χ3n) is 2.30. The van der Waals surface area contributed by atoms with Crippen molar-refractivity contribution in [2.75, 3.05) is 0 Å². The molecule has 0 aliphatic heterocycles. The van der Waals surface area contributed by atoms with Gasteiger partial charge in [0.1, 0.15) is 0 Å². The maximum absolute atomic E-state index is 5.67. The van der Waals surface area contributed by atoms with Gasteiger partial charge in [-0.3, -0.25) is 4.68 Å². The lowest BCUT2D eigenvalue weighted by molar-refractivity contribution is 0.634.